The molecule has 15 heavy (non-hydrogen) atoms. The molecule has 0 amide bonds. The highest BCUT2D eigenvalue weighted by Crippen LogP contribution is 2.40. The molecule has 1 N–H and O–H groups in total. The van der Waals surface area contributed by atoms with Crippen molar-refractivity contribution >= 4 is 23.1 Å². The van der Waals surface area contributed by atoms with Crippen molar-refractivity contribution in [3.63, 3.8) is 0 Å². The van der Waals surface area contributed by atoms with Crippen LogP contribution in [0.3, 0.4) is 0 Å². The Morgan fingerprint density at radius 3 is 3.20 bits per heavy atom. The number of thioether (sulfide) groups is 1. The van der Waals surface area contributed by atoms with Gasteiger partial charge in [-0.25, -0.2) is 4.98 Å². The van der Waals surface area contributed by atoms with Gasteiger partial charge in [-0.05, 0) is 32.6 Å². The fourth-order valence-corrected chi connectivity index (χ4v) is 4.12. The molecule has 1 aromatic heterocycles. The Kier molecular flexibility index (Phi) is 4.05. The van der Waals surface area contributed by atoms with E-state index >= 15 is 0 Å². The van der Waals surface area contributed by atoms with Gasteiger partial charge in [0.15, 0.2) is 0 Å². The largest absolute Gasteiger partial charge is 0.317 e. The highest BCUT2D eigenvalue weighted by atomic mass is 32.2. The molecule has 0 saturated carbocycles. The predicted octanol–water partition coefficient (Wildman–Crippen LogP) is 2.86. The molecule has 1 aliphatic heterocycles. The van der Waals surface area contributed by atoms with Gasteiger partial charge in [-0.15, -0.1) is 11.3 Å². The monoisotopic (exact) mass is 242 g/mol. The first-order valence-corrected chi connectivity index (χ1v) is 7.45. The summed E-state index contributed by atoms with van der Waals surface area (Å²) in [7, 11) is 2.00. The number of likely N-dealkylation sites (N-methyl/N-ethyl adjacent to an activating group) is 1. The second-order valence-electron chi connectivity index (χ2n) is 4.07. The normalized spacial score (nSPS) is 23.2. The minimum atomic E-state index is 0.524. The number of hydrogen-bond acceptors (Lipinski definition) is 4. The van der Waals surface area contributed by atoms with E-state index < -0.39 is 0 Å². The van der Waals surface area contributed by atoms with Crippen LogP contribution in [0.1, 0.15) is 35.7 Å². The van der Waals surface area contributed by atoms with E-state index in [4.69, 9.17) is 4.98 Å². The molecular weight excluding hydrogens is 224 g/mol. The van der Waals surface area contributed by atoms with Crippen molar-refractivity contribution in [1.29, 1.82) is 0 Å². The van der Waals surface area contributed by atoms with E-state index in [2.05, 4.69) is 29.4 Å². The average molecular weight is 242 g/mol. The van der Waals surface area contributed by atoms with Gasteiger partial charge in [0.2, 0.25) is 0 Å². The lowest BCUT2D eigenvalue weighted by Gasteiger charge is -2.07. The van der Waals surface area contributed by atoms with Gasteiger partial charge in [-0.2, -0.15) is 11.8 Å². The summed E-state index contributed by atoms with van der Waals surface area (Å²) in [4.78, 5) is 4.74. The zero-order valence-electron chi connectivity index (χ0n) is 9.32. The minimum absolute atomic E-state index is 0.524. The molecule has 1 aromatic rings. The first kappa shape index (κ1) is 11.4. The molecule has 0 bridgehead atoms. The van der Waals surface area contributed by atoms with Crippen LogP contribution in [0.25, 0.3) is 0 Å². The lowest BCUT2D eigenvalue weighted by molar-refractivity contribution is 0.601. The first-order valence-electron chi connectivity index (χ1n) is 5.52. The molecule has 4 heteroatoms. The quantitative estimate of drug-likeness (QED) is 0.879. The van der Waals surface area contributed by atoms with Gasteiger partial charge in [-0.1, -0.05) is 0 Å². The second kappa shape index (κ2) is 5.32. The fourth-order valence-electron chi connectivity index (χ4n) is 1.75. The van der Waals surface area contributed by atoms with Crippen LogP contribution in [0.4, 0.5) is 0 Å². The Hall–Kier alpha value is -0.0600. The Balaban J connectivity index is 1.97. The molecule has 1 aliphatic rings. The Morgan fingerprint density at radius 1 is 1.67 bits per heavy atom. The molecule has 2 nitrogen and oxygen atoms in total. The number of thiazole rings is 1. The van der Waals surface area contributed by atoms with Crippen molar-refractivity contribution in [1.82, 2.24) is 10.3 Å². The summed E-state index contributed by atoms with van der Waals surface area (Å²) in [5.41, 5.74) is 1.25. The zero-order valence-corrected chi connectivity index (χ0v) is 11.0. The molecule has 1 saturated heterocycles. The van der Waals surface area contributed by atoms with E-state index in [9.17, 15) is 0 Å². The fraction of sp³-hybridized carbons (Fsp3) is 0.727. The van der Waals surface area contributed by atoms with Gasteiger partial charge < -0.3 is 5.32 Å². The predicted molar refractivity (Wildman–Crippen MR) is 68.8 cm³/mol. The Labute approximate surface area is 99.9 Å². The van der Waals surface area contributed by atoms with Gasteiger partial charge >= 0.3 is 0 Å². The van der Waals surface area contributed by atoms with Gasteiger partial charge in [0.25, 0.3) is 0 Å². The summed E-state index contributed by atoms with van der Waals surface area (Å²) in [6.45, 7) is 2.20. The van der Waals surface area contributed by atoms with Crippen LogP contribution in [0.2, 0.25) is 0 Å². The van der Waals surface area contributed by atoms with Crippen molar-refractivity contribution in [2.45, 2.75) is 37.5 Å². The molecule has 84 valence electrons. The summed E-state index contributed by atoms with van der Waals surface area (Å²) >= 11 is 3.91. The van der Waals surface area contributed by atoms with Gasteiger partial charge in [-0.3, -0.25) is 0 Å². The van der Waals surface area contributed by atoms with E-state index in [1.165, 1.54) is 29.3 Å². The number of nitrogens with zero attached hydrogens (tertiary/aromatic N) is 1. The Morgan fingerprint density at radius 2 is 2.53 bits per heavy atom. The van der Waals surface area contributed by atoms with Crippen LogP contribution in [0, 0.1) is 0 Å². The lowest BCUT2D eigenvalue weighted by Crippen LogP contribution is -2.23. The number of rotatable bonds is 4. The molecule has 0 radical (unpaired) electrons. The van der Waals surface area contributed by atoms with Crippen LogP contribution < -0.4 is 5.32 Å². The van der Waals surface area contributed by atoms with E-state index in [1.807, 2.05) is 18.4 Å². The van der Waals surface area contributed by atoms with Crippen molar-refractivity contribution in [3.8, 4) is 0 Å². The van der Waals surface area contributed by atoms with E-state index in [0.717, 1.165) is 6.42 Å². The molecule has 0 spiro atoms. The zero-order chi connectivity index (χ0) is 10.7. The number of nitrogens with one attached hydrogen (secondary N) is 1. The SMILES string of the molecule is CNC(C)Cc1csc(C2CCCS2)n1. The third-order valence-electron chi connectivity index (χ3n) is 2.78. The summed E-state index contributed by atoms with van der Waals surface area (Å²) in [6, 6.07) is 0.524. The maximum absolute atomic E-state index is 4.74. The smallest absolute Gasteiger partial charge is 0.106 e. The lowest BCUT2D eigenvalue weighted by atomic mass is 10.2. The van der Waals surface area contributed by atoms with Gasteiger partial charge in [0, 0.05) is 17.8 Å². The molecule has 2 unspecified atom stereocenters. The second-order valence-corrected chi connectivity index (χ2v) is 6.27. The van der Waals surface area contributed by atoms with Crippen molar-refractivity contribution < 1.29 is 0 Å². The standard InChI is InChI=1S/C11H18N2S2/c1-8(12-2)6-9-7-15-11(13-9)10-4-3-5-14-10/h7-8,10,12H,3-6H2,1-2H3. The highest BCUT2D eigenvalue weighted by molar-refractivity contribution is 7.99. The van der Waals surface area contributed by atoms with Crippen molar-refractivity contribution in [2.24, 2.45) is 0 Å². The topological polar surface area (TPSA) is 24.9 Å². The van der Waals surface area contributed by atoms with Gasteiger partial charge in [0.1, 0.15) is 5.01 Å². The minimum Gasteiger partial charge on any atom is -0.317 e. The van der Waals surface area contributed by atoms with E-state index in [1.54, 1.807) is 0 Å². The molecule has 2 heterocycles. The van der Waals surface area contributed by atoms with E-state index in [-0.39, 0.29) is 0 Å². The first-order chi connectivity index (χ1) is 7.29. The number of aromatic nitrogens is 1. The highest BCUT2D eigenvalue weighted by Gasteiger charge is 2.20. The maximum Gasteiger partial charge on any atom is 0.106 e. The summed E-state index contributed by atoms with van der Waals surface area (Å²) in [5, 5.41) is 7.51. The molecule has 0 aromatic carbocycles. The average Bonchev–Trinajstić information content (AvgIpc) is 2.85. The molecular formula is C11H18N2S2. The number of hydrogen-bond donors (Lipinski definition) is 1. The summed E-state index contributed by atoms with van der Waals surface area (Å²) < 4.78 is 0. The van der Waals surface area contributed by atoms with E-state index in [0.29, 0.717) is 11.3 Å². The molecule has 1 fully saturated rings. The third-order valence-corrected chi connectivity index (χ3v) is 5.32. The van der Waals surface area contributed by atoms with Crippen LogP contribution in [0.5, 0.6) is 0 Å². The summed E-state index contributed by atoms with van der Waals surface area (Å²) in [6.07, 6.45) is 3.72. The molecule has 2 rings (SSSR count). The van der Waals surface area contributed by atoms with Crippen molar-refractivity contribution in [3.05, 3.63) is 16.1 Å². The van der Waals surface area contributed by atoms with Crippen LogP contribution in [-0.4, -0.2) is 23.8 Å². The van der Waals surface area contributed by atoms with Crippen molar-refractivity contribution in [2.75, 3.05) is 12.8 Å². The maximum atomic E-state index is 4.74. The van der Waals surface area contributed by atoms with Crippen LogP contribution in [-0.2, 0) is 6.42 Å². The summed E-state index contributed by atoms with van der Waals surface area (Å²) in [5.74, 6) is 1.31. The Bertz CT molecular complexity index is 305. The van der Waals surface area contributed by atoms with Crippen LogP contribution in [0.15, 0.2) is 5.38 Å². The molecule has 0 aliphatic carbocycles. The van der Waals surface area contributed by atoms with Crippen LogP contribution >= 0.6 is 23.1 Å². The third kappa shape index (κ3) is 2.95. The molecule has 2 atom stereocenters. The van der Waals surface area contributed by atoms with Gasteiger partial charge in [0.05, 0.1) is 10.9 Å².